The Morgan fingerprint density at radius 2 is 2.26 bits per heavy atom. The van der Waals surface area contributed by atoms with Crippen molar-refractivity contribution in [2.75, 3.05) is 5.32 Å². The summed E-state index contributed by atoms with van der Waals surface area (Å²) in [6.07, 6.45) is 4.39. The van der Waals surface area contributed by atoms with E-state index >= 15 is 0 Å². The molecule has 2 aromatic rings. The van der Waals surface area contributed by atoms with Gasteiger partial charge < -0.3 is 5.32 Å². The maximum atomic E-state index is 13.4. The molecule has 0 bridgehead atoms. The molecule has 19 heavy (non-hydrogen) atoms. The minimum Gasteiger partial charge on any atom is -0.306 e. The molecule has 0 unspecified atom stereocenters. The van der Waals surface area contributed by atoms with Crippen LogP contribution in [-0.4, -0.2) is 15.7 Å². The number of carbonyl (C=O) groups excluding carboxylic acids is 1. The van der Waals surface area contributed by atoms with E-state index < -0.39 is 0 Å². The highest BCUT2D eigenvalue weighted by molar-refractivity contribution is 9.10. The lowest BCUT2D eigenvalue weighted by atomic mass is 10.2. The highest BCUT2D eigenvalue weighted by atomic mass is 79.9. The van der Waals surface area contributed by atoms with Gasteiger partial charge in [0, 0.05) is 35.4 Å². The lowest BCUT2D eigenvalue weighted by Crippen LogP contribution is -2.08. The molecule has 6 heteroatoms. The maximum absolute atomic E-state index is 13.4. The van der Waals surface area contributed by atoms with Gasteiger partial charge in [0.05, 0.1) is 0 Å². The van der Waals surface area contributed by atoms with Gasteiger partial charge in [-0.25, -0.2) is 4.39 Å². The second kappa shape index (κ2) is 5.79. The first kappa shape index (κ1) is 13.5. The topological polar surface area (TPSA) is 46.9 Å². The molecule has 0 fully saturated rings. The van der Waals surface area contributed by atoms with Gasteiger partial charge in [0.1, 0.15) is 5.82 Å². The van der Waals surface area contributed by atoms with Gasteiger partial charge in [-0.15, -0.1) is 0 Å². The zero-order valence-electron chi connectivity index (χ0n) is 10.1. The van der Waals surface area contributed by atoms with E-state index in [4.69, 9.17) is 0 Å². The minimum absolute atomic E-state index is 0.338. The van der Waals surface area contributed by atoms with E-state index in [9.17, 15) is 9.18 Å². The second-order valence-corrected chi connectivity index (χ2v) is 4.78. The standard InChI is InChI=1S/C13H11BrFN3O/c1-18-7-6-12(17-18)16-13(19)5-2-9-8-10(14)3-4-11(9)15/h2-8H,1H3,(H,16,17,19). The van der Waals surface area contributed by atoms with E-state index in [0.29, 0.717) is 11.4 Å². The van der Waals surface area contributed by atoms with Crippen LogP contribution in [0.5, 0.6) is 0 Å². The molecular formula is C13H11BrFN3O. The van der Waals surface area contributed by atoms with Gasteiger partial charge in [0.2, 0.25) is 5.91 Å². The average Bonchev–Trinajstić information content (AvgIpc) is 2.76. The molecule has 1 N–H and O–H groups in total. The van der Waals surface area contributed by atoms with Crippen molar-refractivity contribution in [2.24, 2.45) is 7.05 Å². The largest absolute Gasteiger partial charge is 0.306 e. The molecule has 0 aliphatic rings. The molecule has 0 aliphatic heterocycles. The van der Waals surface area contributed by atoms with E-state index in [1.165, 1.54) is 18.2 Å². The smallest absolute Gasteiger partial charge is 0.249 e. The van der Waals surface area contributed by atoms with E-state index in [0.717, 1.165) is 4.47 Å². The molecule has 0 saturated heterocycles. The van der Waals surface area contributed by atoms with Crippen molar-refractivity contribution in [2.45, 2.75) is 0 Å². The number of hydrogen-bond acceptors (Lipinski definition) is 2. The summed E-state index contributed by atoms with van der Waals surface area (Å²) in [6, 6.07) is 6.20. The number of nitrogens with zero attached hydrogens (tertiary/aromatic N) is 2. The van der Waals surface area contributed by atoms with Gasteiger partial charge in [0.25, 0.3) is 0 Å². The number of halogens is 2. The van der Waals surface area contributed by atoms with Crippen LogP contribution in [0, 0.1) is 5.82 Å². The number of amides is 1. The Morgan fingerprint density at radius 1 is 1.47 bits per heavy atom. The molecule has 1 heterocycles. The summed E-state index contributed by atoms with van der Waals surface area (Å²) in [4.78, 5) is 11.6. The fourth-order valence-corrected chi connectivity index (χ4v) is 1.84. The first-order chi connectivity index (χ1) is 9.04. The van der Waals surface area contributed by atoms with Crippen LogP contribution in [-0.2, 0) is 11.8 Å². The fourth-order valence-electron chi connectivity index (χ4n) is 1.46. The molecule has 2 rings (SSSR count). The third-order valence-electron chi connectivity index (χ3n) is 2.34. The molecule has 1 aromatic carbocycles. The summed E-state index contributed by atoms with van der Waals surface area (Å²) in [5.41, 5.74) is 0.338. The molecule has 1 amide bonds. The average molecular weight is 324 g/mol. The Labute approximate surface area is 118 Å². The van der Waals surface area contributed by atoms with E-state index in [1.54, 1.807) is 36.1 Å². The summed E-state index contributed by atoms with van der Waals surface area (Å²) in [5.74, 6) is -0.296. The molecule has 0 aliphatic carbocycles. The van der Waals surface area contributed by atoms with Gasteiger partial charge >= 0.3 is 0 Å². The van der Waals surface area contributed by atoms with E-state index in [-0.39, 0.29) is 11.7 Å². The van der Waals surface area contributed by atoms with Crippen LogP contribution in [0.2, 0.25) is 0 Å². The number of aryl methyl sites for hydroxylation is 1. The Bertz CT molecular complexity index is 637. The Hall–Kier alpha value is -1.95. The maximum Gasteiger partial charge on any atom is 0.249 e. The number of benzene rings is 1. The predicted molar refractivity (Wildman–Crippen MR) is 75.0 cm³/mol. The van der Waals surface area contributed by atoms with Crippen molar-refractivity contribution in [3.05, 3.63) is 52.4 Å². The van der Waals surface area contributed by atoms with Crippen molar-refractivity contribution < 1.29 is 9.18 Å². The molecule has 0 radical (unpaired) electrons. The van der Waals surface area contributed by atoms with Gasteiger partial charge in [-0.05, 0) is 24.3 Å². The van der Waals surface area contributed by atoms with Crippen molar-refractivity contribution in [1.82, 2.24) is 9.78 Å². The van der Waals surface area contributed by atoms with Crippen LogP contribution in [0.4, 0.5) is 10.2 Å². The fraction of sp³-hybridized carbons (Fsp3) is 0.0769. The van der Waals surface area contributed by atoms with Crippen LogP contribution >= 0.6 is 15.9 Å². The van der Waals surface area contributed by atoms with Gasteiger partial charge in [-0.2, -0.15) is 5.10 Å². The Balaban J connectivity index is 2.05. The van der Waals surface area contributed by atoms with Crippen molar-refractivity contribution in [3.8, 4) is 0 Å². The van der Waals surface area contributed by atoms with E-state index in [1.807, 2.05) is 0 Å². The van der Waals surface area contributed by atoms with Crippen LogP contribution in [0.1, 0.15) is 5.56 Å². The quantitative estimate of drug-likeness (QED) is 0.883. The third-order valence-corrected chi connectivity index (χ3v) is 2.83. The van der Waals surface area contributed by atoms with Crippen molar-refractivity contribution in [3.63, 3.8) is 0 Å². The van der Waals surface area contributed by atoms with Gasteiger partial charge in [-0.1, -0.05) is 15.9 Å². The van der Waals surface area contributed by atoms with Gasteiger partial charge in [-0.3, -0.25) is 9.48 Å². The monoisotopic (exact) mass is 323 g/mol. The summed E-state index contributed by atoms with van der Waals surface area (Å²) in [7, 11) is 1.75. The van der Waals surface area contributed by atoms with Crippen molar-refractivity contribution >= 4 is 33.7 Å². The summed E-state index contributed by atoms with van der Waals surface area (Å²) >= 11 is 3.25. The molecule has 1 aromatic heterocycles. The Kier molecular flexibility index (Phi) is 4.11. The molecular weight excluding hydrogens is 313 g/mol. The first-order valence-corrected chi connectivity index (χ1v) is 6.27. The molecule has 4 nitrogen and oxygen atoms in total. The number of carbonyl (C=O) groups is 1. The third kappa shape index (κ3) is 3.75. The first-order valence-electron chi connectivity index (χ1n) is 5.48. The van der Waals surface area contributed by atoms with Crippen LogP contribution in [0.15, 0.2) is 41.0 Å². The summed E-state index contributed by atoms with van der Waals surface area (Å²) in [5, 5.41) is 6.58. The summed E-state index contributed by atoms with van der Waals surface area (Å²) in [6.45, 7) is 0. The zero-order valence-corrected chi connectivity index (χ0v) is 11.7. The molecule has 98 valence electrons. The highest BCUT2D eigenvalue weighted by Crippen LogP contribution is 2.16. The summed E-state index contributed by atoms with van der Waals surface area (Å²) < 4.78 is 15.8. The number of rotatable bonds is 3. The lowest BCUT2D eigenvalue weighted by molar-refractivity contribution is -0.111. The number of aromatic nitrogens is 2. The molecule has 0 spiro atoms. The van der Waals surface area contributed by atoms with Crippen LogP contribution in [0.25, 0.3) is 6.08 Å². The van der Waals surface area contributed by atoms with Crippen molar-refractivity contribution in [1.29, 1.82) is 0 Å². The Morgan fingerprint density at radius 3 is 2.95 bits per heavy atom. The highest BCUT2D eigenvalue weighted by Gasteiger charge is 2.02. The predicted octanol–water partition coefficient (Wildman–Crippen LogP) is 2.97. The SMILES string of the molecule is Cn1ccc(NC(=O)C=Cc2cc(Br)ccc2F)n1. The zero-order chi connectivity index (χ0) is 13.8. The second-order valence-electron chi connectivity index (χ2n) is 3.86. The minimum atomic E-state index is -0.384. The lowest BCUT2D eigenvalue weighted by Gasteiger charge is -1.98. The number of hydrogen-bond donors (Lipinski definition) is 1. The van der Waals surface area contributed by atoms with Crippen LogP contribution in [0.3, 0.4) is 0 Å². The normalized spacial score (nSPS) is 10.9. The molecule has 0 saturated carbocycles. The van der Waals surface area contributed by atoms with E-state index in [2.05, 4.69) is 26.3 Å². The van der Waals surface area contributed by atoms with Gasteiger partial charge in [0.15, 0.2) is 5.82 Å². The number of anilines is 1. The number of nitrogens with one attached hydrogen (secondary N) is 1. The van der Waals surface area contributed by atoms with Crippen LogP contribution < -0.4 is 5.32 Å². The molecule has 0 atom stereocenters.